The molecule has 0 bridgehead atoms. The minimum absolute atomic E-state index is 0.324. The van der Waals surface area contributed by atoms with Crippen LogP contribution in [-0.2, 0) is 0 Å². The molecule has 1 fully saturated rings. The Kier molecular flexibility index (Phi) is 2.75. The first kappa shape index (κ1) is 10.7. The Bertz CT molecular complexity index is 336. The zero-order chi connectivity index (χ0) is 10.3. The molecule has 3 heteroatoms. The van der Waals surface area contributed by atoms with Crippen molar-refractivity contribution in [2.24, 2.45) is 11.1 Å². The maximum absolute atomic E-state index is 6.09. The van der Waals surface area contributed by atoms with Gasteiger partial charge in [-0.25, -0.2) is 0 Å². The fourth-order valence-corrected chi connectivity index (χ4v) is 4.05. The maximum Gasteiger partial charge on any atom is 0.0701 e. The lowest BCUT2D eigenvalue weighted by Crippen LogP contribution is -2.54. The Hall–Kier alpha value is 0.140. The van der Waals surface area contributed by atoms with Crippen LogP contribution in [0.5, 0.6) is 0 Å². The summed E-state index contributed by atoms with van der Waals surface area (Å²) in [5.74, 6) is 0.679. The topological polar surface area (TPSA) is 26.0 Å². The standard InChI is InChI=1S/C11H16BrNS/c1-3-11(2)7(6-9(11)13)8-4-5-10(12)14-8/h4-5,7,9H,3,6,13H2,1-2H3. The smallest absolute Gasteiger partial charge is 0.0701 e. The molecule has 1 saturated carbocycles. The maximum atomic E-state index is 6.09. The van der Waals surface area contributed by atoms with Gasteiger partial charge in [-0.3, -0.25) is 0 Å². The Balaban J connectivity index is 2.22. The van der Waals surface area contributed by atoms with Crippen LogP contribution in [0.4, 0.5) is 0 Å². The van der Waals surface area contributed by atoms with Gasteiger partial charge in [0.25, 0.3) is 0 Å². The summed E-state index contributed by atoms with van der Waals surface area (Å²) in [6, 6.07) is 4.76. The molecule has 3 unspecified atom stereocenters. The number of hydrogen-bond donors (Lipinski definition) is 1. The number of thiophene rings is 1. The minimum Gasteiger partial charge on any atom is -0.327 e. The van der Waals surface area contributed by atoms with Crippen LogP contribution in [0.1, 0.15) is 37.5 Å². The summed E-state index contributed by atoms with van der Waals surface area (Å²) in [6.45, 7) is 4.56. The molecule has 1 aromatic heterocycles. The summed E-state index contributed by atoms with van der Waals surface area (Å²) in [5, 5.41) is 0. The van der Waals surface area contributed by atoms with Gasteiger partial charge in [0.1, 0.15) is 0 Å². The molecule has 1 aliphatic carbocycles. The highest BCUT2D eigenvalue weighted by Crippen LogP contribution is 2.55. The van der Waals surface area contributed by atoms with E-state index < -0.39 is 0 Å². The van der Waals surface area contributed by atoms with Gasteiger partial charge in [0, 0.05) is 16.8 Å². The van der Waals surface area contributed by atoms with Crippen LogP contribution >= 0.6 is 27.3 Å². The van der Waals surface area contributed by atoms with Crippen LogP contribution in [0, 0.1) is 5.41 Å². The third-order valence-corrected chi connectivity index (χ3v) is 5.57. The average molecular weight is 274 g/mol. The van der Waals surface area contributed by atoms with E-state index >= 15 is 0 Å². The van der Waals surface area contributed by atoms with E-state index in [2.05, 4.69) is 41.9 Å². The molecule has 14 heavy (non-hydrogen) atoms. The molecule has 1 heterocycles. The second-order valence-electron chi connectivity index (χ2n) is 4.40. The summed E-state index contributed by atoms with van der Waals surface area (Å²) in [6.07, 6.45) is 2.33. The summed E-state index contributed by atoms with van der Waals surface area (Å²) in [5.41, 5.74) is 6.42. The molecule has 0 saturated heterocycles. The fourth-order valence-electron chi connectivity index (χ4n) is 2.36. The Morgan fingerprint density at radius 2 is 2.36 bits per heavy atom. The molecule has 2 N–H and O–H groups in total. The van der Waals surface area contributed by atoms with E-state index in [0.717, 1.165) is 6.42 Å². The molecule has 3 atom stereocenters. The minimum atomic E-state index is 0.324. The van der Waals surface area contributed by atoms with E-state index in [1.807, 2.05) is 11.3 Å². The second kappa shape index (κ2) is 3.62. The molecule has 1 nitrogen and oxygen atoms in total. The Morgan fingerprint density at radius 1 is 1.64 bits per heavy atom. The third kappa shape index (κ3) is 1.46. The van der Waals surface area contributed by atoms with Crippen LogP contribution in [0.3, 0.4) is 0 Å². The number of rotatable bonds is 2. The summed E-state index contributed by atoms with van der Waals surface area (Å²) in [4.78, 5) is 1.49. The first-order chi connectivity index (χ1) is 6.58. The number of hydrogen-bond acceptors (Lipinski definition) is 2. The van der Waals surface area contributed by atoms with Gasteiger partial charge in [0.05, 0.1) is 3.79 Å². The van der Waals surface area contributed by atoms with Crippen molar-refractivity contribution in [1.29, 1.82) is 0 Å². The van der Waals surface area contributed by atoms with Gasteiger partial charge in [0.15, 0.2) is 0 Å². The van der Waals surface area contributed by atoms with Crippen molar-refractivity contribution >= 4 is 27.3 Å². The van der Waals surface area contributed by atoms with E-state index in [0.29, 0.717) is 17.4 Å². The molecule has 2 rings (SSSR count). The van der Waals surface area contributed by atoms with Crippen molar-refractivity contribution in [3.63, 3.8) is 0 Å². The SMILES string of the molecule is CCC1(C)C(N)CC1c1ccc(Br)s1. The van der Waals surface area contributed by atoms with Gasteiger partial charge in [-0.05, 0) is 46.3 Å². The lowest BCUT2D eigenvalue weighted by atomic mass is 9.56. The molecule has 0 radical (unpaired) electrons. The first-order valence-electron chi connectivity index (χ1n) is 5.08. The van der Waals surface area contributed by atoms with E-state index in [4.69, 9.17) is 5.73 Å². The predicted octanol–water partition coefficient (Wildman–Crippen LogP) is 3.74. The summed E-state index contributed by atoms with van der Waals surface area (Å²) < 4.78 is 1.23. The lowest BCUT2D eigenvalue weighted by Gasteiger charge is -2.52. The van der Waals surface area contributed by atoms with E-state index in [-0.39, 0.29) is 0 Å². The second-order valence-corrected chi connectivity index (χ2v) is 6.89. The number of halogens is 1. The van der Waals surface area contributed by atoms with Crippen LogP contribution in [-0.4, -0.2) is 6.04 Å². The van der Waals surface area contributed by atoms with Crippen molar-refractivity contribution < 1.29 is 0 Å². The van der Waals surface area contributed by atoms with Crippen LogP contribution in [0.15, 0.2) is 15.9 Å². The summed E-state index contributed by atoms with van der Waals surface area (Å²) in [7, 11) is 0. The molecule has 0 amide bonds. The van der Waals surface area contributed by atoms with Gasteiger partial charge >= 0.3 is 0 Å². The van der Waals surface area contributed by atoms with Gasteiger partial charge in [-0.2, -0.15) is 0 Å². The molecule has 0 spiro atoms. The van der Waals surface area contributed by atoms with E-state index in [1.54, 1.807) is 0 Å². The molecule has 1 aromatic rings. The first-order valence-corrected chi connectivity index (χ1v) is 6.69. The van der Waals surface area contributed by atoms with Gasteiger partial charge in [0.2, 0.25) is 0 Å². The Morgan fingerprint density at radius 3 is 2.79 bits per heavy atom. The quantitative estimate of drug-likeness (QED) is 0.873. The molecular weight excluding hydrogens is 258 g/mol. The molecule has 0 aliphatic heterocycles. The monoisotopic (exact) mass is 273 g/mol. The highest BCUT2D eigenvalue weighted by atomic mass is 79.9. The lowest BCUT2D eigenvalue weighted by molar-refractivity contribution is 0.0728. The van der Waals surface area contributed by atoms with Crippen LogP contribution < -0.4 is 5.73 Å². The Labute approximate surface area is 97.8 Å². The molecule has 1 aliphatic rings. The zero-order valence-electron chi connectivity index (χ0n) is 8.59. The zero-order valence-corrected chi connectivity index (χ0v) is 11.0. The van der Waals surface area contributed by atoms with Gasteiger partial charge in [-0.1, -0.05) is 13.8 Å². The fraction of sp³-hybridized carbons (Fsp3) is 0.636. The van der Waals surface area contributed by atoms with Crippen molar-refractivity contribution in [2.75, 3.05) is 0 Å². The van der Waals surface area contributed by atoms with Crippen molar-refractivity contribution in [2.45, 2.75) is 38.6 Å². The molecule has 0 aromatic carbocycles. The highest BCUT2D eigenvalue weighted by Gasteiger charge is 2.49. The van der Waals surface area contributed by atoms with Crippen LogP contribution in [0.25, 0.3) is 0 Å². The van der Waals surface area contributed by atoms with E-state index in [1.165, 1.54) is 15.1 Å². The number of nitrogens with two attached hydrogens (primary N) is 1. The van der Waals surface area contributed by atoms with Crippen molar-refractivity contribution in [3.05, 3.63) is 20.8 Å². The van der Waals surface area contributed by atoms with Crippen molar-refractivity contribution in [1.82, 2.24) is 0 Å². The third-order valence-electron chi connectivity index (χ3n) is 3.83. The van der Waals surface area contributed by atoms with Crippen molar-refractivity contribution in [3.8, 4) is 0 Å². The molecular formula is C11H16BrNS. The largest absolute Gasteiger partial charge is 0.327 e. The van der Waals surface area contributed by atoms with Gasteiger partial charge < -0.3 is 5.73 Å². The normalized spacial score (nSPS) is 36.9. The highest BCUT2D eigenvalue weighted by molar-refractivity contribution is 9.11. The van der Waals surface area contributed by atoms with Crippen LogP contribution in [0.2, 0.25) is 0 Å². The van der Waals surface area contributed by atoms with E-state index in [9.17, 15) is 0 Å². The molecule has 78 valence electrons. The average Bonchev–Trinajstić information content (AvgIpc) is 2.59. The predicted molar refractivity (Wildman–Crippen MR) is 65.8 cm³/mol. The summed E-state index contributed by atoms with van der Waals surface area (Å²) >= 11 is 5.37. The van der Waals surface area contributed by atoms with Gasteiger partial charge in [-0.15, -0.1) is 11.3 Å².